The van der Waals surface area contributed by atoms with Gasteiger partial charge in [0, 0.05) is 23.5 Å². The summed E-state index contributed by atoms with van der Waals surface area (Å²) in [6.07, 6.45) is 7.47. The standard InChI is InChI=1S/C16H19N3/c1-2-12(15-6-7-17-19-15)10-14(3-1)18-16-9-11-4-5-13(16)8-11/h1-3,6-7,10-11,13,16,18H,4-5,8-9H2,(H,17,19). The predicted molar refractivity (Wildman–Crippen MR) is 76.9 cm³/mol. The van der Waals surface area contributed by atoms with E-state index in [9.17, 15) is 0 Å². The van der Waals surface area contributed by atoms with E-state index in [2.05, 4.69) is 39.8 Å². The molecule has 0 saturated heterocycles. The minimum atomic E-state index is 0.691. The van der Waals surface area contributed by atoms with Crippen LogP contribution in [-0.2, 0) is 0 Å². The third-order valence-electron chi connectivity index (χ3n) is 4.76. The summed E-state index contributed by atoms with van der Waals surface area (Å²) in [5, 5.41) is 10.8. The van der Waals surface area contributed by atoms with Gasteiger partial charge in [0.2, 0.25) is 0 Å². The number of aromatic amines is 1. The molecule has 2 saturated carbocycles. The van der Waals surface area contributed by atoms with Gasteiger partial charge in [0.1, 0.15) is 0 Å². The average molecular weight is 253 g/mol. The van der Waals surface area contributed by atoms with Gasteiger partial charge >= 0.3 is 0 Å². The van der Waals surface area contributed by atoms with Gasteiger partial charge in [-0.05, 0) is 49.3 Å². The van der Waals surface area contributed by atoms with Crippen LogP contribution in [0.15, 0.2) is 36.5 Å². The highest BCUT2D eigenvalue weighted by Gasteiger charge is 2.39. The molecule has 19 heavy (non-hydrogen) atoms. The molecule has 3 atom stereocenters. The molecule has 2 aliphatic rings. The Morgan fingerprint density at radius 3 is 2.89 bits per heavy atom. The van der Waals surface area contributed by atoms with Crippen molar-refractivity contribution in [3.05, 3.63) is 36.5 Å². The van der Waals surface area contributed by atoms with E-state index in [1.54, 1.807) is 6.20 Å². The average Bonchev–Trinajstić information content (AvgIpc) is 3.17. The molecule has 2 bridgehead atoms. The second-order valence-corrected chi connectivity index (χ2v) is 5.98. The van der Waals surface area contributed by atoms with Crippen molar-refractivity contribution in [2.45, 2.75) is 31.7 Å². The van der Waals surface area contributed by atoms with Crippen molar-refractivity contribution in [1.82, 2.24) is 10.2 Å². The largest absolute Gasteiger partial charge is 0.382 e. The van der Waals surface area contributed by atoms with Crippen molar-refractivity contribution in [2.75, 3.05) is 5.32 Å². The van der Waals surface area contributed by atoms with Gasteiger partial charge in [0.25, 0.3) is 0 Å². The van der Waals surface area contributed by atoms with Crippen molar-refractivity contribution >= 4 is 5.69 Å². The highest BCUT2D eigenvalue weighted by molar-refractivity contribution is 5.64. The van der Waals surface area contributed by atoms with Crippen LogP contribution in [-0.4, -0.2) is 16.2 Å². The molecule has 2 fully saturated rings. The Morgan fingerprint density at radius 1 is 1.16 bits per heavy atom. The van der Waals surface area contributed by atoms with Crippen LogP contribution < -0.4 is 5.32 Å². The van der Waals surface area contributed by atoms with Gasteiger partial charge < -0.3 is 5.32 Å². The summed E-state index contributed by atoms with van der Waals surface area (Å²) in [5.41, 5.74) is 3.52. The molecule has 0 amide bonds. The molecular formula is C16H19N3. The van der Waals surface area contributed by atoms with Gasteiger partial charge in [-0.3, -0.25) is 5.10 Å². The number of hydrogen-bond donors (Lipinski definition) is 2. The molecule has 2 aromatic rings. The zero-order valence-corrected chi connectivity index (χ0v) is 11.0. The van der Waals surface area contributed by atoms with Crippen LogP contribution in [0.5, 0.6) is 0 Å². The van der Waals surface area contributed by atoms with Crippen LogP contribution in [0, 0.1) is 11.8 Å². The molecular weight excluding hydrogens is 234 g/mol. The highest BCUT2D eigenvalue weighted by Crippen LogP contribution is 2.45. The van der Waals surface area contributed by atoms with E-state index in [0.717, 1.165) is 17.5 Å². The number of H-pyrrole nitrogens is 1. The van der Waals surface area contributed by atoms with Crippen molar-refractivity contribution < 1.29 is 0 Å². The van der Waals surface area contributed by atoms with Gasteiger partial charge in [-0.1, -0.05) is 18.6 Å². The lowest BCUT2D eigenvalue weighted by Crippen LogP contribution is -2.25. The molecule has 3 heteroatoms. The van der Waals surface area contributed by atoms with E-state index in [1.165, 1.54) is 36.9 Å². The molecule has 1 aromatic carbocycles. The SMILES string of the molecule is c1cc(NC2CC3CCC2C3)cc(-c2ccn[nH]2)c1. The molecule has 0 aliphatic heterocycles. The lowest BCUT2D eigenvalue weighted by molar-refractivity contribution is 0.440. The quantitative estimate of drug-likeness (QED) is 0.876. The van der Waals surface area contributed by atoms with Crippen LogP contribution in [0.2, 0.25) is 0 Å². The Balaban J connectivity index is 1.54. The maximum atomic E-state index is 4.02. The number of fused-ring (bicyclic) bond motifs is 2. The number of nitrogens with zero attached hydrogens (tertiary/aromatic N) is 1. The van der Waals surface area contributed by atoms with E-state index in [-0.39, 0.29) is 0 Å². The fourth-order valence-electron chi connectivity index (χ4n) is 3.83. The second-order valence-electron chi connectivity index (χ2n) is 5.98. The van der Waals surface area contributed by atoms with Crippen molar-refractivity contribution in [3.63, 3.8) is 0 Å². The van der Waals surface area contributed by atoms with Gasteiger partial charge in [-0.15, -0.1) is 0 Å². The zero-order valence-electron chi connectivity index (χ0n) is 11.0. The molecule has 4 rings (SSSR count). The lowest BCUT2D eigenvalue weighted by atomic mass is 9.95. The molecule has 1 aromatic heterocycles. The Bertz CT molecular complexity index is 561. The van der Waals surface area contributed by atoms with Gasteiger partial charge in [0.15, 0.2) is 0 Å². The summed E-state index contributed by atoms with van der Waals surface area (Å²) in [6, 6.07) is 11.3. The van der Waals surface area contributed by atoms with Crippen LogP contribution in [0.25, 0.3) is 11.3 Å². The molecule has 98 valence electrons. The van der Waals surface area contributed by atoms with Gasteiger partial charge in [0.05, 0.1) is 5.69 Å². The first-order valence-corrected chi connectivity index (χ1v) is 7.25. The van der Waals surface area contributed by atoms with Gasteiger partial charge in [-0.2, -0.15) is 5.10 Å². The number of aromatic nitrogens is 2. The van der Waals surface area contributed by atoms with Crippen LogP contribution in [0.4, 0.5) is 5.69 Å². The maximum Gasteiger partial charge on any atom is 0.0650 e. The monoisotopic (exact) mass is 253 g/mol. The zero-order chi connectivity index (χ0) is 12.7. The molecule has 2 aliphatic carbocycles. The van der Waals surface area contributed by atoms with Crippen LogP contribution in [0.1, 0.15) is 25.7 Å². The first-order chi connectivity index (χ1) is 9.38. The topological polar surface area (TPSA) is 40.7 Å². The summed E-state index contributed by atoms with van der Waals surface area (Å²) in [7, 11) is 0. The Labute approximate surface area is 113 Å². The minimum absolute atomic E-state index is 0.691. The summed E-state index contributed by atoms with van der Waals surface area (Å²) < 4.78 is 0. The molecule has 1 heterocycles. The van der Waals surface area contributed by atoms with E-state index in [1.807, 2.05) is 6.07 Å². The van der Waals surface area contributed by atoms with Gasteiger partial charge in [-0.25, -0.2) is 0 Å². The summed E-state index contributed by atoms with van der Waals surface area (Å²) in [4.78, 5) is 0. The minimum Gasteiger partial charge on any atom is -0.382 e. The van der Waals surface area contributed by atoms with E-state index < -0.39 is 0 Å². The third-order valence-corrected chi connectivity index (χ3v) is 4.76. The number of hydrogen-bond acceptors (Lipinski definition) is 2. The number of rotatable bonds is 3. The second kappa shape index (κ2) is 4.41. The van der Waals surface area contributed by atoms with E-state index >= 15 is 0 Å². The lowest BCUT2D eigenvalue weighted by Gasteiger charge is -2.24. The maximum absolute atomic E-state index is 4.02. The molecule has 0 radical (unpaired) electrons. The van der Waals surface area contributed by atoms with Crippen LogP contribution in [0.3, 0.4) is 0 Å². The smallest absolute Gasteiger partial charge is 0.0650 e. The van der Waals surface area contributed by atoms with Crippen molar-refractivity contribution in [3.8, 4) is 11.3 Å². The number of anilines is 1. The van der Waals surface area contributed by atoms with E-state index in [0.29, 0.717) is 6.04 Å². The normalized spacial score (nSPS) is 28.7. The number of nitrogens with one attached hydrogen (secondary N) is 2. The fourth-order valence-corrected chi connectivity index (χ4v) is 3.83. The first-order valence-electron chi connectivity index (χ1n) is 7.25. The van der Waals surface area contributed by atoms with Crippen molar-refractivity contribution in [2.24, 2.45) is 11.8 Å². The Kier molecular flexibility index (Phi) is 2.57. The third kappa shape index (κ3) is 2.03. The Hall–Kier alpha value is -1.77. The summed E-state index contributed by atoms with van der Waals surface area (Å²) >= 11 is 0. The van der Waals surface area contributed by atoms with Crippen LogP contribution >= 0.6 is 0 Å². The molecule has 0 spiro atoms. The first kappa shape index (κ1) is 11.1. The Morgan fingerprint density at radius 2 is 2.16 bits per heavy atom. The number of benzene rings is 1. The van der Waals surface area contributed by atoms with Crippen molar-refractivity contribution in [1.29, 1.82) is 0 Å². The van der Waals surface area contributed by atoms with E-state index in [4.69, 9.17) is 0 Å². The fraction of sp³-hybridized carbons (Fsp3) is 0.438. The highest BCUT2D eigenvalue weighted by atomic mass is 15.1. The predicted octanol–water partition coefficient (Wildman–Crippen LogP) is 3.68. The molecule has 3 unspecified atom stereocenters. The summed E-state index contributed by atoms with van der Waals surface area (Å²) in [6.45, 7) is 0. The molecule has 2 N–H and O–H groups in total. The summed E-state index contributed by atoms with van der Waals surface area (Å²) in [5.74, 6) is 1.89. The molecule has 3 nitrogen and oxygen atoms in total.